The number of benzene rings is 1. The quantitative estimate of drug-likeness (QED) is 0.685. The first-order valence-electron chi connectivity index (χ1n) is 5.17. The maximum Gasteiger partial charge on any atom is 0.138 e. The highest BCUT2D eigenvalue weighted by molar-refractivity contribution is 5.80. The third-order valence-electron chi connectivity index (χ3n) is 2.56. The first kappa shape index (κ1) is 9.55. The molecule has 4 nitrogen and oxygen atoms in total. The number of H-pyrrole nitrogens is 1. The van der Waals surface area contributed by atoms with E-state index >= 15 is 0 Å². The van der Waals surface area contributed by atoms with Crippen molar-refractivity contribution in [2.75, 3.05) is 0 Å². The van der Waals surface area contributed by atoms with Crippen LogP contribution in [-0.4, -0.2) is 15.0 Å². The summed E-state index contributed by atoms with van der Waals surface area (Å²) in [5.41, 5.74) is 3.34. The van der Waals surface area contributed by atoms with E-state index in [1.165, 1.54) is 0 Å². The maximum atomic E-state index is 8.83. The molecule has 2 heterocycles. The zero-order chi connectivity index (χ0) is 11.7. The second-order valence-electron chi connectivity index (χ2n) is 3.67. The van der Waals surface area contributed by atoms with Gasteiger partial charge in [0.25, 0.3) is 0 Å². The molecule has 0 amide bonds. The summed E-state index contributed by atoms with van der Waals surface area (Å²) in [6.45, 7) is 0. The molecule has 3 aromatic rings. The second-order valence-corrected chi connectivity index (χ2v) is 3.67. The number of hydrogen-bond acceptors (Lipinski definition) is 3. The maximum absolute atomic E-state index is 8.83. The molecule has 0 atom stereocenters. The molecule has 17 heavy (non-hydrogen) atoms. The lowest BCUT2D eigenvalue weighted by Gasteiger charge is -1.92. The van der Waals surface area contributed by atoms with Crippen molar-refractivity contribution < 1.29 is 0 Å². The van der Waals surface area contributed by atoms with E-state index in [1.807, 2.05) is 18.2 Å². The number of hydrogen-bond donors (Lipinski definition) is 1. The van der Waals surface area contributed by atoms with Gasteiger partial charge in [0.05, 0.1) is 22.7 Å². The van der Waals surface area contributed by atoms with Gasteiger partial charge < -0.3 is 4.98 Å². The summed E-state index contributed by atoms with van der Waals surface area (Å²) in [4.78, 5) is 11.6. The predicted molar refractivity (Wildman–Crippen MR) is 64.0 cm³/mol. The van der Waals surface area contributed by atoms with Gasteiger partial charge in [0, 0.05) is 18.0 Å². The molecule has 0 spiro atoms. The van der Waals surface area contributed by atoms with Crippen molar-refractivity contribution in [3.8, 4) is 17.5 Å². The minimum Gasteiger partial charge on any atom is -0.338 e. The van der Waals surface area contributed by atoms with Gasteiger partial charge in [-0.2, -0.15) is 5.26 Å². The monoisotopic (exact) mass is 220 g/mol. The molecule has 0 saturated carbocycles. The number of aromatic amines is 1. The summed E-state index contributed by atoms with van der Waals surface area (Å²) >= 11 is 0. The van der Waals surface area contributed by atoms with Crippen LogP contribution in [0.3, 0.4) is 0 Å². The molecule has 3 rings (SSSR count). The van der Waals surface area contributed by atoms with Gasteiger partial charge >= 0.3 is 0 Å². The molecule has 0 aliphatic heterocycles. The molecule has 0 aliphatic carbocycles. The van der Waals surface area contributed by atoms with E-state index in [-0.39, 0.29) is 0 Å². The Morgan fingerprint density at radius 1 is 1.12 bits per heavy atom. The Labute approximate surface area is 97.6 Å². The van der Waals surface area contributed by atoms with Crippen LogP contribution in [0.25, 0.3) is 22.4 Å². The van der Waals surface area contributed by atoms with E-state index < -0.39 is 0 Å². The molecule has 1 aromatic carbocycles. The van der Waals surface area contributed by atoms with Crippen molar-refractivity contribution in [1.82, 2.24) is 15.0 Å². The Morgan fingerprint density at radius 3 is 2.71 bits per heavy atom. The zero-order valence-electron chi connectivity index (χ0n) is 8.88. The fourth-order valence-electron chi connectivity index (χ4n) is 1.73. The van der Waals surface area contributed by atoms with E-state index in [0.717, 1.165) is 22.4 Å². The van der Waals surface area contributed by atoms with E-state index in [1.54, 1.807) is 24.5 Å². The second kappa shape index (κ2) is 3.72. The average Bonchev–Trinajstić information content (AvgIpc) is 2.82. The van der Waals surface area contributed by atoms with Crippen LogP contribution in [-0.2, 0) is 0 Å². The molecule has 1 N–H and O–H groups in total. The molecule has 0 aliphatic rings. The Balaban J connectivity index is 2.18. The lowest BCUT2D eigenvalue weighted by atomic mass is 10.2. The van der Waals surface area contributed by atoms with Crippen LogP contribution in [0.5, 0.6) is 0 Å². The Hall–Kier alpha value is -2.67. The van der Waals surface area contributed by atoms with Gasteiger partial charge in [0.2, 0.25) is 0 Å². The fraction of sp³-hybridized carbons (Fsp3) is 0. The normalized spacial score (nSPS) is 10.3. The number of rotatable bonds is 1. The standard InChI is InChI=1S/C13H8N4/c14-8-9-1-2-11-12(7-9)17-13(16-11)10-3-5-15-6-4-10/h1-7H,(H,16,17). The van der Waals surface area contributed by atoms with E-state index in [2.05, 4.69) is 21.0 Å². The third kappa shape index (κ3) is 1.64. The third-order valence-corrected chi connectivity index (χ3v) is 2.56. The summed E-state index contributed by atoms with van der Waals surface area (Å²) in [7, 11) is 0. The van der Waals surface area contributed by atoms with Crippen molar-refractivity contribution in [2.24, 2.45) is 0 Å². The number of aromatic nitrogens is 3. The molecule has 0 saturated heterocycles. The number of nitrogens with one attached hydrogen (secondary N) is 1. The van der Waals surface area contributed by atoms with E-state index in [0.29, 0.717) is 5.56 Å². The first-order chi connectivity index (χ1) is 8.36. The summed E-state index contributed by atoms with van der Waals surface area (Å²) < 4.78 is 0. The lowest BCUT2D eigenvalue weighted by Crippen LogP contribution is -1.79. The van der Waals surface area contributed by atoms with Gasteiger partial charge in [0.1, 0.15) is 5.82 Å². The molecule has 0 bridgehead atoms. The Kier molecular flexibility index (Phi) is 2.09. The summed E-state index contributed by atoms with van der Waals surface area (Å²) in [5, 5.41) is 8.83. The van der Waals surface area contributed by atoms with Crippen LogP contribution < -0.4 is 0 Å². The van der Waals surface area contributed by atoms with Gasteiger partial charge in [-0.05, 0) is 30.3 Å². The van der Waals surface area contributed by atoms with Crippen LogP contribution in [0.1, 0.15) is 5.56 Å². The van der Waals surface area contributed by atoms with Crippen LogP contribution in [0.15, 0.2) is 42.7 Å². The average molecular weight is 220 g/mol. The molecular formula is C13H8N4. The van der Waals surface area contributed by atoms with Crippen molar-refractivity contribution in [3.05, 3.63) is 48.3 Å². The number of nitrogens with zero attached hydrogens (tertiary/aromatic N) is 3. The minimum atomic E-state index is 0.627. The molecule has 4 heteroatoms. The Bertz CT molecular complexity index is 707. The van der Waals surface area contributed by atoms with Crippen molar-refractivity contribution in [3.63, 3.8) is 0 Å². The molecule has 0 fully saturated rings. The van der Waals surface area contributed by atoms with Crippen molar-refractivity contribution in [2.45, 2.75) is 0 Å². The topological polar surface area (TPSA) is 65.4 Å². The van der Waals surface area contributed by atoms with Crippen LogP contribution in [0, 0.1) is 11.3 Å². The number of pyridine rings is 1. The lowest BCUT2D eigenvalue weighted by molar-refractivity contribution is 1.28. The van der Waals surface area contributed by atoms with Crippen molar-refractivity contribution >= 4 is 11.0 Å². The smallest absolute Gasteiger partial charge is 0.138 e. The SMILES string of the molecule is N#Cc1ccc2nc(-c3ccncc3)[nH]c2c1. The number of imidazole rings is 1. The fourth-order valence-corrected chi connectivity index (χ4v) is 1.73. The van der Waals surface area contributed by atoms with Gasteiger partial charge in [-0.3, -0.25) is 4.98 Å². The largest absolute Gasteiger partial charge is 0.338 e. The number of fused-ring (bicyclic) bond motifs is 1. The van der Waals surface area contributed by atoms with Crippen LogP contribution in [0.2, 0.25) is 0 Å². The van der Waals surface area contributed by atoms with Crippen LogP contribution >= 0.6 is 0 Å². The molecule has 80 valence electrons. The Morgan fingerprint density at radius 2 is 1.94 bits per heavy atom. The molecule has 2 aromatic heterocycles. The predicted octanol–water partition coefficient (Wildman–Crippen LogP) is 2.50. The highest BCUT2D eigenvalue weighted by Gasteiger charge is 2.05. The molecule has 0 radical (unpaired) electrons. The van der Waals surface area contributed by atoms with E-state index in [4.69, 9.17) is 5.26 Å². The summed E-state index contributed by atoms with van der Waals surface area (Å²) in [6, 6.07) is 11.3. The summed E-state index contributed by atoms with van der Waals surface area (Å²) in [5.74, 6) is 0.789. The van der Waals surface area contributed by atoms with Gasteiger partial charge in [-0.15, -0.1) is 0 Å². The highest BCUT2D eigenvalue weighted by Crippen LogP contribution is 2.20. The molecule has 0 unspecified atom stereocenters. The van der Waals surface area contributed by atoms with Gasteiger partial charge in [0.15, 0.2) is 0 Å². The van der Waals surface area contributed by atoms with Gasteiger partial charge in [-0.1, -0.05) is 0 Å². The summed E-state index contributed by atoms with van der Waals surface area (Å²) in [6.07, 6.45) is 3.45. The van der Waals surface area contributed by atoms with E-state index in [9.17, 15) is 0 Å². The first-order valence-corrected chi connectivity index (χ1v) is 5.17. The number of nitriles is 1. The highest BCUT2D eigenvalue weighted by atomic mass is 14.9. The van der Waals surface area contributed by atoms with Gasteiger partial charge in [-0.25, -0.2) is 4.98 Å². The van der Waals surface area contributed by atoms with Crippen molar-refractivity contribution in [1.29, 1.82) is 5.26 Å². The molecular weight excluding hydrogens is 212 g/mol. The van der Waals surface area contributed by atoms with Crippen LogP contribution in [0.4, 0.5) is 0 Å². The zero-order valence-corrected chi connectivity index (χ0v) is 8.88. The minimum absolute atomic E-state index is 0.627.